The lowest BCUT2D eigenvalue weighted by atomic mass is 9.85. The van der Waals surface area contributed by atoms with Crippen LogP contribution in [0.1, 0.15) is 33.6 Å². The molecule has 2 nitrogen and oxygen atoms in total. The third-order valence-electron chi connectivity index (χ3n) is 2.37. The average Bonchev–Trinajstić information content (AvgIpc) is 1.90. The van der Waals surface area contributed by atoms with Crippen molar-refractivity contribution in [2.24, 2.45) is 11.7 Å². The molecule has 0 bridgehead atoms. The van der Waals surface area contributed by atoms with Crippen LogP contribution in [-0.2, 0) is 0 Å². The first kappa shape index (κ1) is 9.92. The van der Waals surface area contributed by atoms with Crippen molar-refractivity contribution in [2.45, 2.75) is 39.2 Å². The van der Waals surface area contributed by atoms with Crippen molar-refractivity contribution in [3.63, 3.8) is 0 Å². The fraction of sp³-hybridized carbons (Fsp3) is 1.00. The summed E-state index contributed by atoms with van der Waals surface area (Å²) in [6, 6.07) is 0. The van der Waals surface area contributed by atoms with Crippen LogP contribution < -0.4 is 5.73 Å². The molecule has 0 amide bonds. The largest absolute Gasteiger partial charge is 0.390 e. The Morgan fingerprint density at radius 1 is 1.50 bits per heavy atom. The second-order valence-electron chi connectivity index (χ2n) is 3.05. The Labute approximate surface area is 63.4 Å². The number of aliphatic hydroxyl groups is 1. The smallest absolute Gasteiger partial charge is 0.0657 e. The lowest BCUT2D eigenvalue weighted by molar-refractivity contribution is -0.00258. The molecule has 62 valence electrons. The molecule has 2 heteroatoms. The minimum atomic E-state index is -0.566. The second-order valence-corrected chi connectivity index (χ2v) is 3.05. The van der Waals surface area contributed by atoms with Gasteiger partial charge in [0.2, 0.25) is 0 Å². The third-order valence-corrected chi connectivity index (χ3v) is 2.37. The molecule has 3 N–H and O–H groups in total. The van der Waals surface area contributed by atoms with Gasteiger partial charge in [-0.2, -0.15) is 0 Å². The highest BCUT2D eigenvalue weighted by molar-refractivity contribution is 4.79. The summed E-state index contributed by atoms with van der Waals surface area (Å²) in [6.07, 6.45) is 1.74. The summed E-state index contributed by atoms with van der Waals surface area (Å²) >= 11 is 0. The predicted octanol–water partition coefficient (Wildman–Crippen LogP) is 1.13. The van der Waals surface area contributed by atoms with E-state index in [1.807, 2.05) is 13.8 Å². The topological polar surface area (TPSA) is 46.2 Å². The number of rotatable bonds is 4. The molecule has 2 unspecified atom stereocenters. The number of hydrogen-bond donors (Lipinski definition) is 2. The molecule has 0 aliphatic carbocycles. The third kappa shape index (κ3) is 2.27. The van der Waals surface area contributed by atoms with Gasteiger partial charge in [-0.25, -0.2) is 0 Å². The standard InChI is InChI=1S/C8H19NO/c1-4-7(6-9)8(3,10)5-2/h7,10H,4-6,9H2,1-3H3. The van der Waals surface area contributed by atoms with Crippen molar-refractivity contribution in [2.75, 3.05) is 6.54 Å². The highest BCUT2D eigenvalue weighted by Gasteiger charge is 2.26. The van der Waals surface area contributed by atoms with Crippen LogP contribution in [0, 0.1) is 5.92 Å². The van der Waals surface area contributed by atoms with E-state index < -0.39 is 5.60 Å². The molecule has 0 aliphatic rings. The zero-order valence-electron chi connectivity index (χ0n) is 7.22. The molecule has 0 rings (SSSR count). The summed E-state index contributed by atoms with van der Waals surface area (Å²) < 4.78 is 0. The molecule has 0 aromatic rings. The Morgan fingerprint density at radius 2 is 2.00 bits per heavy atom. The van der Waals surface area contributed by atoms with Crippen LogP contribution in [0.4, 0.5) is 0 Å². The van der Waals surface area contributed by atoms with Crippen molar-refractivity contribution < 1.29 is 5.11 Å². The van der Waals surface area contributed by atoms with Crippen LogP contribution in [0.25, 0.3) is 0 Å². The summed E-state index contributed by atoms with van der Waals surface area (Å²) in [5, 5.41) is 9.70. The molecular weight excluding hydrogens is 126 g/mol. The highest BCUT2D eigenvalue weighted by atomic mass is 16.3. The molecule has 0 saturated heterocycles. The van der Waals surface area contributed by atoms with Gasteiger partial charge < -0.3 is 10.8 Å². The average molecular weight is 145 g/mol. The van der Waals surface area contributed by atoms with Crippen molar-refractivity contribution >= 4 is 0 Å². The van der Waals surface area contributed by atoms with Crippen LogP contribution in [0.3, 0.4) is 0 Å². The SMILES string of the molecule is CCC(CN)C(C)(O)CC. The maximum Gasteiger partial charge on any atom is 0.0657 e. The van der Waals surface area contributed by atoms with Gasteiger partial charge in [-0.3, -0.25) is 0 Å². The fourth-order valence-electron chi connectivity index (χ4n) is 1.15. The molecule has 0 aromatic heterocycles. The summed E-state index contributed by atoms with van der Waals surface area (Å²) in [6.45, 7) is 6.48. The summed E-state index contributed by atoms with van der Waals surface area (Å²) in [7, 11) is 0. The molecular formula is C8H19NO. The van der Waals surface area contributed by atoms with Crippen molar-refractivity contribution in [3.8, 4) is 0 Å². The Balaban J connectivity index is 3.97. The Bertz CT molecular complexity index is 87.3. The number of nitrogens with two attached hydrogens (primary N) is 1. The Kier molecular flexibility index (Phi) is 3.91. The van der Waals surface area contributed by atoms with Crippen molar-refractivity contribution in [1.29, 1.82) is 0 Å². The number of hydrogen-bond acceptors (Lipinski definition) is 2. The van der Waals surface area contributed by atoms with Gasteiger partial charge in [0.25, 0.3) is 0 Å². The van der Waals surface area contributed by atoms with Gasteiger partial charge >= 0.3 is 0 Å². The summed E-state index contributed by atoms with van der Waals surface area (Å²) in [5.41, 5.74) is 4.92. The van der Waals surface area contributed by atoms with E-state index in [4.69, 9.17) is 5.73 Å². The minimum absolute atomic E-state index is 0.248. The van der Waals surface area contributed by atoms with Gasteiger partial charge in [-0.05, 0) is 32.2 Å². The Morgan fingerprint density at radius 3 is 2.10 bits per heavy atom. The van der Waals surface area contributed by atoms with Gasteiger partial charge in [-0.15, -0.1) is 0 Å². The zero-order valence-corrected chi connectivity index (χ0v) is 7.22. The van der Waals surface area contributed by atoms with Crippen molar-refractivity contribution in [1.82, 2.24) is 0 Å². The molecule has 0 radical (unpaired) electrons. The van der Waals surface area contributed by atoms with E-state index in [9.17, 15) is 5.11 Å². The first-order valence-electron chi connectivity index (χ1n) is 4.00. The van der Waals surface area contributed by atoms with E-state index in [2.05, 4.69) is 6.92 Å². The normalized spacial score (nSPS) is 20.1. The van der Waals surface area contributed by atoms with Gasteiger partial charge in [0, 0.05) is 0 Å². The van der Waals surface area contributed by atoms with E-state index >= 15 is 0 Å². The van der Waals surface area contributed by atoms with Gasteiger partial charge in [0.05, 0.1) is 5.60 Å². The molecule has 0 aliphatic heterocycles. The van der Waals surface area contributed by atoms with Crippen LogP contribution in [-0.4, -0.2) is 17.3 Å². The van der Waals surface area contributed by atoms with Crippen LogP contribution in [0.15, 0.2) is 0 Å². The van der Waals surface area contributed by atoms with E-state index in [-0.39, 0.29) is 5.92 Å². The minimum Gasteiger partial charge on any atom is -0.390 e. The van der Waals surface area contributed by atoms with Crippen LogP contribution >= 0.6 is 0 Å². The highest BCUT2D eigenvalue weighted by Crippen LogP contribution is 2.22. The van der Waals surface area contributed by atoms with Crippen LogP contribution in [0.2, 0.25) is 0 Å². The van der Waals surface area contributed by atoms with E-state index in [0.29, 0.717) is 6.54 Å². The van der Waals surface area contributed by atoms with E-state index in [1.165, 1.54) is 0 Å². The van der Waals surface area contributed by atoms with E-state index in [0.717, 1.165) is 12.8 Å². The molecule has 10 heavy (non-hydrogen) atoms. The van der Waals surface area contributed by atoms with Gasteiger partial charge in [-0.1, -0.05) is 13.8 Å². The first-order valence-corrected chi connectivity index (χ1v) is 4.00. The molecule has 0 aromatic carbocycles. The monoisotopic (exact) mass is 145 g/mol. The predicted molar refractivity (Wildman–Crippen MR) is 43.8 cm³/mol. The zero-order chi connectivity index (χ0) is 8.20. The quantitative estimate of drug-likeness (QED) is 0.623. The molecule has 0 spiro atoms. The fourth-order valence-corrected chi connectivity index (χ4v) is 1.15. The maximum absolute atomic E-state index is 9.70. The molecule has 0 fully saturated rings. The lowest BCUT2D eigenvalue weighted by Gasteiger charge is -2.30. The lowest BCUT2D eigenvalue weighted by Crippen LogP contribution is -2.38. The van der Waals surface area contributed by atoms with Gasteiger partial charge in [0.1, 0.15) is 0 Å². The molecule has 0 saturated carbocycles. The van der Waals surface area contributed by atoms with Crippen molar-refractivity contribution in [3.05, 3.63) is 0 Å². The second kappa shape index (κ2) is 3.94. The molecule has 0 heterocycles. The maximum atomic E-state index is 9.70. The summed E-state index contributed by atoms with van der Waals surface area (Å²) in [4.78, 5) is 0. The van der Waals surface area contributed by atoms with Crippen LogP contribution in [0.5, 0.6) is 0 Å². The van der Waals surface area contributed by atoms with E-state index in [1.54, 1.807) is 0 Å². The molecule has 2 atom stereocenters. The first-order chi connectivity index (χ1) is 4.58. The Hall–Kier alpha value is -0.0800. The van der Waals surface area contributed by atoms with Gasteiger partial charge in [0.15, 0.2) is 0 Å². The summed E-state index contributed by atoms with van der Waals surface area (Å²) in [5.74, 6) is 0.248.